The first-order valence-electron chi connectivity index (χ1n) is 10.2. The van der Waals surface area contributed by atoms with E-state index in [9.17, 15) is 14.7 Å². The number of nitrogens with one attached hydrogen (secondary N) is 1. The molecule has 0 aromatic heterocycles. The van der Waals surface area contributed by atoms with Crippen LogP contribution in [0, 0.1) is 9.49 Å². The van der Waals surface area contributed by atoms with Gasteiger partial charge in [-0.3, -0.25) is 9.59 Å². The van der Waals surface area contributed by atoms with Gasteiger partial charge in [-0.05, 0) is 53.1 Å². The molecule has 1 aromatic carbocycles. The van der Waals surface area contributed by atoms with Crippen molar-refractivity contribution < 1.29 is 24.5 Å². The van der Waals surface area contributed by atoms with Crippen molar-refractivity contribution in [3.05, 3.63) is 39.5 Å². The zero-order chi connectivity index (χ0) is 22.3. The molecular formula is C22H31IN2O5. The summed E-state index contributed by atoms with van der Waals surface area (Å²) in [5.74, 6) is 0.522. The summed E-state index contributed by atoms with van der Waals surface area (Å²) in [4.78, 5) is 26.6. The maximum atomic E-state index is 12.6. The van der Waals surface area contributed by atoms with Gasteiger partial charge < -0.3 is 25.2 Å². The third-order valence-electron chi connectivity index (χ3n) is 5.07. The Labute approximate surface area is 191 Å². The number of carbonyl (C=O) groups is 2. The second-order valence-electron chi connectivity index (χ2n) is 7.84. The number of hydrogen-bond acceptors (Lipinski definition) is 5. The molecule has 3 N–H and O–H groups in total. The van der Waals surface area contributed by atoms with Crippen molar-refractivity contribution in [3.8, 4) is 5.75 Å². The molecule has 8 heteroatoms. The Morgan fingerprint density at radius 1 is 1.33 bits per heavy atom. The van der Waals surface area contributed by atoms with Gasteiger partial charge in [0.15, 0.2) is 0 Å². The predicted octanol–water partition coefficient (Wildman–Crippen LogP) is 2.10. The first kappa shape index (κ1) is 24.6. The van der Waals surface area contributed by atoms with Crippen LogP contribution in [0.5, 0.6) is 5.75 Å². The summed E-state index contributed by atoms with van der Waals surface area (Å²) < 4.78 is 6.95. The van der Waals surface area contributed by atoms with Crippen LogP contribution in [-0.4, -0.2) is 64.9 Å². The molecule has 0 fully saturated rings. The van der Waals surface area contributed by atoms with E-state index in [-0.39, 0.29) is 31.4 Å². The fourth-order valence-electron chi connectivity index (χ4n) is 3.42. The van der Waals surface area contributed by atoms with Gasteiger partial charge in [0.2, 0.25) is 11.8 Å². The zero-order valence-electron chi connectivity index (χ0n) is 17.7. The van der Waals surface area contributed by atoms with Crippen LogP contribution in [0.1, 0.15) is 33.6 Å². The minimum absolute atomic E-state index is 0.134. The van der Waals surface area contributed by atoms with Crippen LogP contribution in [0.2, 0.25) is 0 Å². The van der Waals surface area contributed by atoms with E-state index < -0.39 is 18.2 Å². The van der Waals surface area contributed by atoms with Crippen LogP contribution < -0.4 is 10.1 Å². The Morgan fingerprint density at radius 3 is 2.63 bits per heavy atom. The highest BCUT2D eigenvalue weighted by atomic mass is 127. The van der Waals surface area contributed by atoms with Gasteiger partial charge in [-0.1, -0.05) is 26.0 Å². The van der Waals surface area contributed by atoms with Crippen LogP contribution in [0.3, 0.4) is 0 Å². The van der Waals surface area contributed by atoms with Crippen LogP contribution in [0.15, 0.2) is 35.9 Å². The lowest BCUT2D eigenvalue weighted by atomic mass is 9.88. The lowest BCUT2D eigenvalue weighted by Gasteiger charge is -2.40. The number of para-hydroxylation sites is 1. The Kier molecular flexibility index (Phi) is 9.57. The second kappa shape index (κ2) is 11.7. The summed E-state index contributed by atoms with van der Waals surface area (Å²) in [7, 11) is 0. The van der Waals surface area contributed by atoms with Crippen LogP contribution >= 0.6 is 22.6 Å². The van der Waals surface area contributed by atoms with Gasteiger partial charge in [0.05, 0.1) is 16.2 Å². The van der Waals surface area contributed by atoms with Crippen molar-refractivity contribution in [3.63, 3.8) is 0 Å². The molecule has 3 atom stereocenters. The van der Waals surface area contributed by atoms with E-state index >= 15 is 0 Å². The number of nitrogens with zero attached hydrogens (tertiary/aromatic N) is 1. The van der Waals surface area contributed by atoms with Crippen LogP contribution in [0.4, 0.5) is 0 Å². The van der Waals surface area contributed by atoms with E-state index in [1.807, 2.05) is 18.2 Å². The third-order valence-corrected chi connectivity index (χ3v) is 5.96. The van der Waals surface area contributed by atoms with Gasteiger partial charge in [-0.15, -0.1) is 0 Å². The number of hydrogen-bond donors (Lipinski definition) is 3. The number of benzene rings is 1. The molecule has 30 heavy (non-hydrogen) atoms. The van der Waals surface area contributed by atoms with Crippen LogP contribution in [0.25, 0.3) is 0 Å². The molecule has 7 nitrogen and oxygen atoms in total. The van der Waals surface area contributed by atoms with E-state index in [2.05, 4.69) is 41.8 Å². The highest BCUT2D eigenvalue weighted by molar-refractivity contribution is 14.1. The Bertz CT molecular complexity index is 768. The van der Waals surface area contributed by atoms with Crippen molar-refractivity contribution in [2.24, 2.45) is 5.92 Å². The zero-order valence-corrected chi connectivity index (χ0v) is 19.8. The Morgan fingerprint density at radius 2 is 2.03 bits per heavy atom. The molecular weight excluding hydrogens is 499 g/mol. The van der Waals surface area contributed by atoms with Crippen molar-refractivity contribution in [2.45, 2.75) is 51.9 Å². The predicted molar refractivity (Wildman–Crippen MR) is 123 cm³/mol. The normalized spacial score (nSPS) is 21.2. The summed E-state index contributed by atoms with van der Waals surface area (Å²) in [5, 5.41) is 22.8. The molecule has 0 saturated heterocycles. The molecule has 0 saturated carbocycles. The van der Waals surface area contributed by atoms with Crippen molar-refractivity contribution >= 4 is 34.4 Å². The molecule has 1 aliphatic carbocycles. The average molecular weight is 530 g/mol. The molecule has 0 radical (unpaired) electrons. The van der Waals surface area contributed by atoms with E-state index in [1.54, 1.807) is 17.0 Å². The lowest BCUT2D eigenvalue weighted by Crippen LogP contribution is -2.55. The summed E-state index contributed by atoms with van der Waals surface area (Å²) >= 11 is 2.15. The standard InChI is InChI=1S/C22H31IN2O5/c1-14(2)8-10-25(15(3)27)18-12-16(22(29)24-9-11-26)13-20(21(18)28)30-19-7-5-4-6-17(19)23/h4-7,13-14,18,20-21,26,28H,8-12H2,1-3H3,(H,24,29)/t18-,20+,21+/m1/s1. The van der Waals surface area contributed by atoms with Crippen molar-refractivity contribution in [1.29, 1.82) is 0 Å². The molecule has 0 heterocycles. The number of rotatable bonds is 9. The fraction of sp³-hybridized carbons (Fsp3) is 0.545. The molecule has 2 rings (SSSR count). The van der Waals surface area contributed by atoms with Gasteiger partial charge in [0, 0.05) is 32.0 Å². The van der Waals surface area contributed by atoms with E-state index in [0.29, 0.717) is 23.8 Å². The highest BCUT2D eigenvalue weighted by Gasteiger charge is 2.39. The number of aliphatic hydroxyl groups is 2. The van der Waals surface area contributed by atoms with Crippen molar-refractivity contribution in [1.82, 2.24) is 10.2 Å². The second-order valence-corrected chi connectivity index (χ2v) is 9.00. The first-order chi connectivity index (χ1) is 14.2. The molecule has 166 valence electrons. The molecule has 2 amide bonds. The third kappa shape index (κ3) is 6.68. The molecule has 0 aliphatic heterocycles. The molecule has 0 spiro atoms. The summed E-state index contributed by atoms with van der Waals surface area (Å²) in [5.41, 5.74) is 0.436. The average Bonchev–Trinajstić information content (AvgIpc) is 2.69. The molecule has 0 bridgehead atoms. The fourth-order valence-corrected chi connectivity index (χ4v) is 3.94. The number of carbonyl (C=O) groups excluding carboxylic acids is 2. The topological polar surface area (TPSA) is 99.1 Å². The minimum atomic E-state index is -0.980. The van der Waals surface area contributed by atoms with Gasteiger partial charge >= 0.3 is 0 Å². The monoisotopic (exact) mass is 530 g/mol. The van der Waals surface area contributed by atoms with Gasteiger partial charge in [-0.25, -0.2) is 0 Å². The van der Waals surface area contributed by atoms with E-state index in [0.717, 1.165) is 9.99 Å². The quantitative estimate of drug-likeness (QED) is 0.425. The van der Waals surface area contributed by atoms with E-state index in [1.165, 1.54) is 6.92 Å². The lowest BCUT2D eigenvalue weighted by molar-refractivity contribution is -0.136. The first-order valence-corrected chi connectivity index (χ1v) is 11.3. The molecule has 0 unspecified atom stereocenters. The number of ether oxygens (including phenoxy) is 1. The van der Waals surface area contributed by atoms with Gasteiger partial charge in [-0.2, -0.15) is 0 Å². The summed E-state index contributed by atoms with van der Waals surface area (Å²) in [6.45, 7) is 6.10. The number of halogens is 1. The summed E-state index contributed by atoms with van der Waals surface area (Å²) in [6, 6.07) is 6.85. The van der Waals surface area contributed by atoms with Gasteiger partial charge in [0.25, 0.3) is 0 Å². The number of aliphatic hydroxyl groups excluding tert-OH is 2. The number of amides is 2. The van der Waals surface area contributed by atoms with E-state index in [4.69, 9.17) is 9.84 Å². The highest BCUT2D eigenvalue weighted by Crippen LogP contribution is 2.30. The van der Waals surface area contributed by atoms with Crippen LogP contribution in [-0.2, 0) is 9.59 Å². The SMILES string of the molecule is CC(=O)N(CCC(C)C)[C@@H]1CC(C(=O)NCCO)=C[C@H](Oc2ccccc2I)[C@H]1O. The Hall–Kier alpha value is -1.65. The molecule has 1 aromatic rings. The van der Waals surface area contributed by atoms with Gasteiger partial charge in [0.1, 0.15) is 18.0 Å². The minimum Gasteiger partial charge on any atom is -0.482 e. The van der Waals surface area contributed by atoms with Crippen molar-refractivity contribution in [2.75, 3.05) is 19.7 Å². The Balaban J connectivity index is 2.34. The molecule has 1 aliphatic rings. The summed E-state index contributed by atoms with van der Waals surface area (Å²) in [6.07, 6.45) is 0.877. The maximum Gasteiger partial charge on any atom is 0.247 e. The maximum absolute atomic E-state index is 12.6. The largest absolute Gasteiger partial charge is 0.482 e. The smallest absolute Gasteiger partial charge is 0.247 e.